The molecule has 2 aromatic rings. The molecule has 0 spiro atoms. The summed E-state index contributed by atoms with van der Waals surface area (Å²) in [5.74, 6) is 1.01. The van der Waals surface area contributed by atoms with E-state index in [1.807, 2.05) is 27.7 Å². The van der Waals surface area contributed by atoms with Gasteiger partial charge >= 0.3 is 0 Å². The number of aryl methyl sites for hydroxylation is 2. The Morgan fingerprint density at radius 3 is 2.70 bits per heavy atom. The normalized spacial score (nSPS) is 15.2. The van der Waals surface area contributed by atoms with Crippen molar-refractivity contribution >= 4 is 5.91 Å². The van der Waals surface area contributed by atoms with Crippen LogP contribution in [0.1, 0.15) is 49.2 Å². The van der Waals surface area contributed by atoms with Crippen molar-refractivity contribution in [2.24, 2.45) is 5.92 Å². The van der Waals surface area contributed by atoms with Gasteiger partial charge in [-0.3, -0.25) is 4.79 Å². The predicted octanol–water partition coefficient (Wildman–Crippen LogP) is 2.69. The molecule has 2 N–H and O–H groups in total. The second-order valence-corrected chi connectivity index (χ2v) is 6.08. The van der Waals surface area contributed by atoms with Crippen LogP contribution in [-0.4, -0.2) is 22.2 Å². The minimum absolute atomic E-state index is 0.0517. The van der Waals surface area contributed by atoms with E-state index in [-0.39, 0.29) is 17.9 Å². The van der Waals surface area contributed by atoms with Crippen molar-refractivity contribution in [3.05, 3.63) is 41.2 Å². The number of carbonyl (C=O) groups is 1. The van der Waals surface area contributed by atoms with Crippen LogP contribution in [0.5, 0.6) is 0 Å². The van der Waals surface area contributed by atoms with E-state index in [0.717, 1.165) is 17.0 Å². The van der Waals surface area contributed by atoms with Crippen molar-refractivity contribution in [2.75, 3.05) is 0 Å². The van der Waals surface area contributed by atoms with Crippen molar-refractivity contribution in [3.63, 3.8) is 0 Å². The van der Waals surface area contributed by atoms with Crippen molar-refractivity contribution in [1.29, 1.82) is 0 Å². The summed E-state index contributed by atoms with van der Waals surface area (Å²) in [6, 6.07) is 3.29. The Labute approximate surface area is 135 Å². The Morgan fingerprint density at radius 2 is 2.13 bits per heavy atom. The van der Waals surface area contributed by atoms with Crippen molar-refractivity contribution < 1.29 is 18.8 Å². The SMILES string of the molecule is Cc1noc(C)c1CC(C)C(=O)NC(C)CC(O)c1ccco1. The maximum atomic E-state index is 12.3. The molecule has 0 aliphatic rings. The van der Waals surface area contributed by atoms with Gasteiger partial charge in [0.1, 0.15) is 17.6 Å². The molecule has 0 aromatic carbocycles. The van der Waals surface area contributed by atoms with Gasteiger partial charge in [0.25, 0.3) is 0 Å². The number of hydrogen-bond acceptors (Lipinski definition) is 5. The number of aromatic nitrogens is 1. The van der Waals surface area contributed by atoms with Crippen LogP contribution in [0.15, 0.2) is 27.3 Å². The third-order valence-electron chi connectivity index (χ3n) is 3.98. The largest absolute Gasteiger partial charge is 0.467 e. The smallest absolute Gasteiger partial charge is 0.223 e. The molecule has 2 heterocycles. The maximum Gasteiger partial charge on any atom is 0.223 e. The summed E-state index contributed by atoms with van der Waals surface area (Å²) in [5, 5.41) is 16.9. The molecule has 0 aliphatic heterocycles. The molecular formula is C17H24N2O4. The number of aliphatic hydroxyl groups excluding tert-OH is 1. The second-order valence-electron chi connectivity index (χ2n) is 6.08. The summed E-state index contributed by atoms with van der Waals surface area (Å²) >= 11 is 0. The number of furan rings is 1. The van der Waals surface area contributed by atoms with E-state index in [0.29, 0.717) is 18.6 Å². The highest BCUT2D eigenvalue weighted by Crippen LogP contribution is 2.20. The van der Waals surface area contributed by atoms with Gasteiger partial charge in [0.15, 0.2) is 0 Å². The summed E-state index contributed by atoms with van der Waals surface area (Å²) in [4.78, 5) is 12.3. The highest BCUT2D eigenvalue weighted by Gasteiger charge is 2.21. The molecule has 0 fully saturated rings. The molecule has 2 aromatic heterocycles. The number of carbonyl (C=O) groups excluding carboxylic acids is 1. The minimum atomic E-state index is -0.724. The first-order valence-corrected chi connectivity index (χ1v) is 7.82. The first-order valence-electron chi connectivity index (χ1n) is 7.82. The van der Waals surface area contributed by atoms with Crippen LogP contribution < -0.4 is 5.32 Å². The fourth-order valence-corrected chi connectivity index (χ4v) is 2.57. The first-order chi connectivity index (χ1) is 10.9. The second kappa shape index (κ2) is 7.46. The summed E-state index contributed by atoms with van der Waals surface area (Å²) in [6.45, 7) is 7.46. The van der Waals surface area contributed by atoms with Crippen molar-refractivity contribution in [3.8, 4) is 0 Å². The van der Waals surface area contributed by atoms with Crippen molar-refractivity contribution in [1.82, 2.24) is 10.5 Å². The molecule has 6 nitrogen and oxygen atoms in total. The van der Waals surface area contributed by atoms with Crippen LogP contribution in [0.3, 0.4) is 0 Å². The zero-order valence-electron chi connectivity index (χ0n) is 14.0. The average Bonchev–Trinajstić information content (AvgIpc) is 3.12. The Hall–Kier alpha value is -2.08. The van der Waals surface area contributed by atoms with Gasteiger partial charge in [-0.15, -0.1) is 0 Å². The molecule has 3 atom stereocenters. The molecular weight excluding hydrogens is 296 g/mol. The lowest BCUT2D eigenvalue weighted by Crippen LogP contribution is -2.38. The van der Waals surface area contributed by atoms with Crippen LogP contribution in [0, 0.1) is 19.8 Å². The Morgan fingerprint density at radius 1 is 1.39 bits per heavy atom. The maximum absolute atomic E-state index is 12.3. The van der Waals surface area contributed by atoms with E-state index >= 15 is 0 Å². The Balaban J connectivity index is 1.85. The van der Waals surface area contributed by atoms with E-state index in [1.54, 1.807) is 12.1 Å². The molecule has 0 saturated heterocycles. The fraction of sp³-hybridized carbons (Fsp3) is 0.529. The topological polar surface area (TPSA) is 88.5 Å². The Kier molecular flexibility index (Phi) is 5.60. The number of rotatable bonds is 7. The molecule has 126 valence electrons. The summed E-state index contributed by atoms with van der Waals surface area (Å²) in [5.41, 5.74) is 1.80. The minimum Gasteiger partial charge on any atom is -0.467 e. The number of nitrogens with one attached hydrogen (secondary N) is 1. The first kappa shape index (κ1) is 17.3. The quantitative estimate of drug-likeness (QED) is 0.819. The van der Waals surface area contributed by atoms with E-state index in [1.165, 1.54) is 6.26 Å². The number of nitrogens with zero attached hydrogens (tertiary/aromatic N) is 1. The zero-order chi connectivity index (χ0) is 17.0. The van der Waals surface area contributed by atoms with E-state index in [2.05, 4.69) is 10.5 Å². The monoisotopic (exact) mass is 320 g/mol. The van der Waals surface area contributed by atoms with E-state index in [4.69, 9.17) is 8.94 Å². The number of amides is 1. The van der Waals surface area contributed by atoms with E-state index < -0.39 is 6.10 Å². The molecule has 23 heavy (non-hydrogen) atoms. The van der Waals surface area contributed by atoms with E-state index in [9.17, 15) is 9.90 Å². The molecule has 1 amide bonds. The highest BCUT2D eigenvalue weighted by atomic mass is 16.5. The van der Waals surface area contributed by atoms with Gasteiger partial charge in [0.2, 0.25) is 5.91 Å². The summed E-state index contributed by atoms with van der Waals surface area (Å²) < 4.78 is 10.3. The summed E-state index contributed by atoms with van der Waals surface area (Å²) in [7, 11) is 0. The fourth-order valence-electron chi connectivity index (χ4n) is 2.57. The van der Waals surface area contributed by atoms with Gasteiger partial charge < -0.3 is 19.4 Å². The van der Waals surface area contributed by atoms with Crippen LogP contribution in [-0.2, 0) is 11.2 Å². The Bertz CT molecular complexity index is 614. The average molecular weight is 320 g/mol. The standard InChI is InChI=1S/C17H24N2O4/c1-10(8-14-12(3)19-23-13(14)4)17(21)18-11(2)9-15(20)16-6-5-7-22-16/h5-7,10-11,15,20H,8-9H2,1-4H3,(H,18,21). The van der Waals surface area contributed by atoms with Crippen LogP contribution >= 0.6 is 0 Å². The zero-order valence-corrected chi connectivity index (χ0v) is 14.0. The lowest BCUT2D eigenvalue weighted by atomic mass is 9.98. The highest BCUT2D eigenvalue weighted by molar-refractivity contribution is 5.78. The van der Waals surface area contributed by atoms with Crippen molar-refractivity contribution in [2.45, 2.75) is 52.7 Å². The van der Waals surface area contributed by atoms with Gasteiger partial charge in [-0.05, 0) is 39.3 Å². The van der Waals surface area contributed by atoms with Gasteiger partial charge in [-0.1, -0.05) is 12.1 Å². The van der Waals surface area contributed by atoms with Crippen LogP contribution in [0.4, 0.5) is 0 Å². The number of aliphatic hydroxyl groups is 1. The van der Waals surface area contributed by atoms with Gasteiger partial charge in [-0.25, -0.2) is 0 Å². The third kappa shape index (κ3) is 4.45. The summed E-state index contributed by atoms with van der Waals surface area (Å²) in [6.07, 6.45) is 1.78. The lowest BCUT2D eigenvalue weighted by molar-refractivity contribution is -0.125. The molecule has 0 radical (unpaired) electrons. The van der Waals surface area contributed by atoms with Crippen LogP contribution in [0.25, 0.3) is 0 Å². The molecule has 0 bridgehead atoms. The van der Waals surface area contributed by atoms with Gasteiger partial charge in [0, 0.05) is 23.9 Å². The number of hydrogen-bond donors (Lipinski definition) is 2. The molecule has 3 unspecified atom stereocenters. The van der Waals surface area contributed by atoms with Crippen LogP contribution in [0.2, 0.25) is 0 Å². The molecule has 0 saturated carbocycles. The van der Waals surface area contributed by atoms with Gasteiger partial charge in [-0.2, -0.15) is 0 Å². The molecule has 0 aliphatic carbocycles. The predicted molar refractivity (Wildman–Crippen MR) is 84.7 cm³/mol. The lowest BCUT2D eigenvalue weighted by Gasteiger charge is -2.19. The van der Waals surface area contributed by atoms with Gasteiger partial charge in [0.05, 0.1) is 12.0 Å². The third-order valence-corrected chi connectivity index (χ3v) is 3.98. The molecule has 2 rings (SSSR count). The molecule has 6 heteroatoms.